The maximum absolute atomic E-state index is 11.9. The quantitative estimate of drug-likeness (QED) is 0.628. The summed E-state index contributed by atoms with van der Waals surface area (Å²) in [6.45, 7) is 6.40. The number of likely N-dealkylation sites (tertiary alicyclic amines) is 1. The lowest BCUT2D eigenvalue weighted by molar-refractivity contribution is -0.385. The summed E-state index contributed by atoms with van der Waals surface area (Å²) in [4.78, 5) is 27.5. The molecule has 8 heteroatoms. The zero-order chi connectivity index (χ0) is 16.3. The van der Waals surface area contributed by atoms with Crippen molar-refractivity contribution in [1.82, 2.24) is 9.88 Å². The van der Waals surface area contributed by atoms with Crippen LogP contribution in [0.2, 0.25) is 0 Å². The molecule has 2 rings (SSSR count). The van der Waals surface area contributed by atoms with E-state index in [1.807, 2.05) is 20.8 Å². The van der Waals surface area contributed by atoms with Gasteiger partial charge in [-0.3, -0.25) is 10.1 Å². The number of nitro groups is 1. The van der Waals surface area contributed by atoms with Crippen LogP contribution < -0.4 is 4.74 Å². The molecule has 0 aliphatic carbocycles. The van der Waals surface area contributed by atoms with Gasteiger partial charge in [0.2, 0.25) is 5.88 Å². The molecular weight excluding hydrogens is 290 g/mol. The number of pyridine rings is 1. The lowest BCUT2D eigenvalue weighted by atomic mass is 10.2. The van der Waals surface area contributed by atoms with E-state index in [2.05, 4.69) is 4.98 Å². The largest absolute Gasteiger partial charge is 0.472 e. The predicted molar refractivity (Wildman–Crippen MR) is 77.7 cm³/mol. The van der Waals surface area contributed by atoms with Crippen LogP contribution >= 0.6 is 0 Å². The average molecular weight is 309 g/mol. The molecule has 2 heterocycles. The Morgan fingerprint density at radius 3 is 2.73 bits per heavy atom. The van der Waals surface area contributed by atoms with Crippen molar-refractivity contribution in [2.45, 2.75) is 38.9 Å². The molecule has 0 radical (unpaired) electrons. The Hall–Kier alpha value is -2.38. The van der Waals surface area contributed by atoms with Crippen molar-refractivity contribution in [3.63, 3.8) is 0 Å². The molecule has 0 saturated carbocycles. The van der Waals surface area contributed by atoms with Gasteiger partial charge in [0.25, 0.3) is 5.69 Å². The topological polar surface area (TPSA) is 94.8 Å². The van der Waals surface area contributed by atoms with Crippen LogP contribution in [0.25, 0.3) is 0 Å². The molecule has 0 aromatic carbocycles. The maximum Gasteiger partial charge on any atom is 0.410 e. The monoisotopic (exact) mass is 309 g/mol. The molecule has 1 amide bonds. The third-order valence-corrected chi connectivity index (χ3v) is 3.02. The number of amides is 1. The maximum atomic E-state index is 11.9. The fraction of sp³-hybridized carbons (Fsp3) is 0.571. The lowest BCUT2D eigenvalue weighted by Crippen LogP contribution is -2.36. The molecule has 0 N–H and O–H groups in total. The molecule has 1 unspecified atom stereocenters. The molecule has 22 heavy (non-hydrogen) atoms. The van der Waals surface area contributed by atoms with Gasteiger partial charge in [0.05, 0.1) is 11.5 Å². The van der Waals surface area contributed by atoms with Crippen molar-refractivity contribution in [1.29, 1.82) is 0 Å². The highest BCUT2D eigenvalue weighted by atomic mass is 16.6. The molecule has 0 spiro atoms. The molecule has 1 atom stereocenters. The number of ether oxygens (including phenoxy) is 2. The molecule has 1 aromatic heterocycles. The third kappa shape index (κ3) is 4.31. The second kappa shape index (κ2) is 6.17. The Labute approximate surface area is 128 Å². The van der Waals surface area contributed by atoms with Gasteiger partial charge in [0.15, 0.2) is 0 Å². The number of hydrogen-bond acceptors (Lipinski definition) is 6. The molecule has 1 aliphatic heterocycles. The van der Waals surface area contributed by atoms with E-state index >= 15 is 0 Å². The molecule has 1 aliphatic rings. The first-order chi connectivity index (χ1) is 10.2. The number of hydrogen-bond donors (Lipinski definition) is 0. The smallest absolute Gasteiger partial charge is 0.410 e. The van der Waals surface area contributed by atoms with Crippen molar-refractivity contribution < 1.29 is 19.2 Å². The fourth-order valence-electron chi connectivity index (χ4n) is 2.04. The van der Waals surface area contributed by atoms with E-state index in [1.165, 1.54) is 12.1 Å². The number of carbonyl (C=O) groups excluding carboxylic acids is 1. The Morgan fingerprint density at radius 2 is 2.18 bits per heavy atom. The predicted octanol–water partition coefficient (Wildman–Crippen LogP) is 2.38. The number of rotatable bonds is 3. The van der Waals surface area contributed by atoms with Crippen molar-refractivity contribution in [2.75, 3.05) is 13.1 Å². The van der Waals surface area contributed by atoms with E-state index in [1.54, 1.807) is 4.90 Å². The van der Waals surface area contributed by atoms with Crippen LogP contribution in [0, 0.1) is 10.1 Å². The Bertz CT molecular complexity index is 553. The van der Waals surface area contributed by atoms with Gasteiger partial charge >= 0.3 is 6.09 Å². The van der Waals surface area contributed by atoms with Crippen molar-refractivity contribution in [3.8, 4) is 5.88 Å². The standard InChI is InChI=1S/C14H19N3O5/c1-14(2,3)22-13(18)16-7-6-11(9-16)21-12-5-4-10(8-15-12)17(19)20/h4-5,8,11H,6-7,9H2,1-3H3. The van der Waals surface area contributed by atoms with Crippen molar-refractivity contribution in [3.05, 3.63) is 28.4 Å². The zero-order valence-electron chi connectivity index (χ0n) is 12.8. The molecule has 120 valence electrons. The molecule has 1 aromatic rings. The second-order valence-corrected chi connectivity index (χ2v) is 6.07. The van der Waals surface area contributed by atoms with E-state index < -0.39 is 10.5 Å². The highest BCUT2D eigenvalue weighted by Gasteiger charge is 2.31. The van der Waals surface area contributed by atoms with Gasteiger partial charge in [-0.2, -0.15) is 0 Å². The summed E-state index contributed by atoms with van der Waals surface area (Å²) in [6.07, 6.45) is 1.25. The van der Waals surface area contributed by atoms with E-state index in [4.69, 9.17) is 9.47 Å². The SMILES string of the molecule is CC(C)(C)OC(=O)N1CCC(Oc2ccc([N+](=O)[O-])cn2)C1. The molecular formula is C14H19N3O5. The van der Waals surface area contributed by atoms with Gasteiger partial charge in [-0.1, -0.05) is 0 Å². The summed E-state index contributed by atoms with van der Waals surface area (Å²) in [5.41, 5.74) is -0.621. The second-order valence-electron chi connectivity index (χ2n) is 6.07. The van der Waals surface area contributed by atoms with Gasteiger partial charge in [0.1, 0.15) is 17.9 Å². The van der Waals surface area contributed by atoms with Gasteiger partial charge in [-0.05, 0) is 20.8 Å². The van der Waals surface area contributed by atoms with Gasteiger partial charge < -0.3 is 14.4 Å². The highest BCUT2D eigenvalue weighted by Crippen LogP contribution is 2.20. The van der Waals surface area contributed by atoms with E-state index in [0.717, 1.165) is 6.20 Å². The number of aromatic nitrogens is 1. The third-order valence-electron chi connectivity index (χ3n) is 3.02. The normalized spacial score (nSPS) is 18.1. The average Bonchev–Trinajstić information content (AvgIpc) is 2.86. The van der Waals surface area contributed by atoms with Crippen LogP contribution in [0.15, 0.2) is 18.3 Å². The van der Waals surface area contributed by atoms with Crippen LogP contribution in [-0.4, -0.2) is 45.7 Å². The Balaban J connectivity index is 1.88. The van der Waals surface area contributed by atoms with Crippen molar-refractivity contribution in [2.24, 2.45) is 0 Å². The zero-order valence-corrected chi connectivity index (χ0v) is 12.8. The minimum Gasteiger partial charge on any atom is -0.472 e. The molecule has 1 saturated heterocycles. The summed E-state index contributed by atoms with van der Waals surface area (Å²) in [7, 11) is 0. The van der Waals surface area contributed by atoms with E-state index in [9.17, 15) is 14.9 Å². The van der Waals surface area contributed by atoms with Crippen LogP contribution in [0.4, 0.5) is 10.5 Å². The summed E-state index contributed by atoms with van der Waals surface area (Å²) in [5.74, 6) is 0.307. The van der Waals surface area contributed by atoms with Crippen LogP contribution in [0.5, 0.6) is 5.88 Å². The first-order valence-corrected chi connectivity index (χ1v) is 6.99. The Morgan fingerprint density at radius 1 is 1.45 bits per heavy atom. The van der Waals surface area contributed by atoms with E-state index in [0.29, 0.717) is 25.4 Å². The lowest BCUT2D eigenvalue weighted by Gasteiger charge is -2.24. The summed E-state index contributed by atoms with van der Waals surface area (Å²) in [5, 5.41) is 10.6. The van der Waals surface area contributed by atoms with Gasteiger partial charge in [-0.25, -0.2) is 9.78 Å². The van der Waals surface area contributed by atoms with Crippen molar-refractivity contribution >= 4 is 11.8 Å². The summed E-state index contributed by atoms with van der Waals surface area (Å²) in [6, 6.07) is 2.79. The van der Waals surface area contributed by atoms with Crippen LogP contribution in [0.3, 0.4) is 0 Å². The fourth-order valence-corrected chi connectivity index (χ4v) is 2.04. The number of carbonyl (C=O) groups is 1. The minimum absolute atomic E-state index is 0.0887. The van der Waals surface area contributed by atoms with Gasteiger partial charge in [0, 0.05) is 25.1 Å². The summed E-state index contributed by atoms with van der Waals surface area (Å²) >= 11 is 0. The minimum atomic E-state index is -0.532. The summed E-state index contributed by atoms with van der Waals surface area (Å²) < 4.78 is 10.9. The highest BCUT2D eigenvalue weighted by molar-refractivity contribution is 5.68. The molecule has 8 nitrogen and oxygen atoms in total. The molecule has 1 fully saturated rings. The van der Waals surface area contributed by atoms with E-state index in [-0.39, 0.29) is 17.9 Å². The number of nitrogens with zero attached hydrogens (tertiary/aromatic N) is 3. The van der Waals surface area contributed by atoms with Gasteiger partial charge in [-0.15, -0.1) is 0 Å². The first-order valence-electron chi connectivity index (χ1n) is 6.99. The van der Waals surface area contributed by atoms with Crippen LogP contribution in [-0.2, 0) is 4.74 Å². The first kappa shape index (κ1) is 16.0. The molecule has 0 bridgehead atoms. The Kier molecular flexibility index (Phi) is 4.48. The van der Waals surface area contributed by atoms with Crippen LogP contribution in [0.1, 0.15) is 27.2 Å².